The molecular formula is C14H21BrN2O. The lowest BCUT2D eigenvalue weighted by Gasteiger charge is -2.27. The summed E-state index contributed by atoms with van der Waals surface area (Å²) in [7, 11) is 0. The highest BCUT2D eigenvalue weighted by Gasteiger charge is 2.30. The molecule has 1 heterocycles. The maximum Gasteiger partial charge on any atom is 0.185 e. The molecule has 0 bridgehead atoms. The minimum atomic E-state index is 0.196. The van der Waals surface area contributed by atoms with Gasteiger partial charge in [-0.25, -0.2) is 0 Å². The maximum absolute atomic E-state index is 12.6. The first-order chi connectivity index (χ1) is 8.67. The predicted molar refractivity (Wildman–Crippen MR) is 75.7 cm³/mol. The molecule has 1 aliphatic carbocycles. The van der Waals surface area contributed by atoms with Crippen LogP contribution in [-0.2, 0) is 6.54 Å². The highest BCUT2D eigenvalue weighted by Crippen LogP contribution is 2.34. The van der Waals surface area contributed by atoms with E-state index in [-0.39, 0.29) is 11.7 Å². The van der Waals surface area contributed by atoms with Crippen LogP contribution in [0, 0.1) is 11.8 Å². The first-order valence-corrected chi connectivity index (χ1v) is 7.72. The monoisotopic (exact) mass is 312 g/mol. The number of ketones is 1. The van der Waals surface area contributed by atoms with Gasteiger partial charge in [-0.2, -0.15) is 5.10 Å². The molecule has 0 aliphatic heterocycles. The van der Waals surface area contributed by atoms with E-state index in [0.29, 0.717) is 0 Å². The Hall–Kier alpha value is -0.640. The van der Waals surface area contributed by atoms with E-state index < -0.39 is 0 Å². The molecule has 0 N–H and O–H groups in total. The van der Waals surface area contributed by atoms with Crippen LogP contribution in [0.15, 0.2) is 10.7 Å². The van der Waals surface area contributed by atoms with Crippen LogP contribution in [0.1, 0.15) is 56.4 Å². The van der Waals surface area contributed by atoms with Crippen molar-refractivity contribution in [3.63, 3.8) is 0 Å². The molecule has 1 aromatic rings. The topological polar surface area (TPSA) is 34.9 Å². The van der Waals surface area contributed by atoms with E-state index in [1.165, 1.54) is 19.3 Å². The fourth-order valence-electron chi connectivity index (χ4n) is 2.94. The zero-order valence-electron chi connectivity index (χ0n) is 11.2. The number of rotatable bonds is 4. The maximum atomic E-state index is 12.6. The number of Topliss-reactive ketones (excluding diaryl/α,β-unsaturated/α-hetero) is 1. The Labute approximate surface area is 117 Å². The molecule has 1 fully saturated rings. The van der Waals surface area contributed by atoms with Gasteiger partial charge in [0, 0.05) is 12.5 Å². The van der Waals surface area contributed by atoms with E-state index in [4.69, 9.17) is 0 Å². The van der Waals surface area contributed by atoms with Crippen molar-refractivity contribution in [2.75, 3.05) is 0 Å². The van der Waals surface area contributed by atoms with Crippen LogP contribution in [0.3, 0.4) is 0 Å². The van der Waals surface area contributed by atoms with Gasteiger partial charge in [0.25, 0.3) is 0 Å². The Kier molecular flexibility index (Phi) is 4.60. The Morgan fingerprint density at radius 2 is 2.28 bits per heavy atom. The molecule has 2 rings (SSSR count). The van der Waals surface area contributed by atoms with Crippen molar-refractivity contribution in [3.05, 3.63) is 16.4 Å². The standard InChI is InChI=1S/C14H21BrN2O/c1-3-10-6-5-7-11(8-10)14(18)13-12(15)9-16-17(13)4-2/h9-11H,3-8H2,1-2H3. The van der Waals surface area contributed by atoms with Crippen molar-refractivity contribution in [2.24, 2.45) is 11.8 Å². The lowest BCUT2D eigenvalue weighted by Crippen LogP contribution is -2.25. The van der Waals surface area contributed by atoms with E-state index in [0.717, 1.165) is 35.5 Å². The summed E-state index contributed by atoms with van der Waals surface area (Å²) in [5.74, 6) is 1.20. The van der Waals surface area contributed by atoms with Gasteiger partial charge in [0.05, 0.1) is 10.7 Å². The summed E-state index contributed by atoms with van der Waals surface area (Å²) in [4.78, 5) is 12.6. The molecule has 0 amide bonds. The SMILES string of the molecule is CCC1CCCC(C(=O)c2c(Br)cnn2CC)C1. The molecule has 1 aromatic heterocycles. The zero-order chi connectivity index (χ0) is 13.1. The van der Waals surface area contributed by atoms with Gasteiger partial charge < -0.3 is 0 Å². The first-order valence-electron chi connectivity index (χ1n) is 6.92. The number of carbonyl (C=O) groups excluding carboxylic acids is 1. The Balaban J connectivity index is 2.17. The number of nitrogens with zero attached hydrogens (tertiary/aromatic N) is 2. The van der Waals surface area contributed by atoms with Crippen LogP contribution >= 0.6 is 15.9 Å². The molecule has 4 heteroatoms. The minimum absolute atomic E-state index is 0.196. The lowest BCUT2D eigenvalue weighted by molar-refractivity contribution is 0.0850. The first kappa shape index (κ1) is 13.8. The quantitative estimate of drug-likeness (QED) is 0.786. The van der Waals surface area contributed by atoms with Crippen LogP contribution in [-0.4, -0.2) is 15.6 Å². The molecule has 1 saturated carbocycles. The van der Waals surface area contributed by atoms with Crippen molar-refractivity contribution in [2.45, 2.75) is 52.5 Å². The third kappa shape index (κ3) is 2.68. The summed E-state index contributed by atoms with van der Waals surface area (Å²) in [5, 5.41) is 4.24. The Morgan fingerprint density at radius 1 is 1.50 bits per heavy atom. The number of hydrogen-bond donors (Lipinski definition) is 0. The summed E-state index contributed by atoms with van der Waals surface area (Å²) in [6.07, 6.45) is 7.49. The van der Waals surface area contributed by atoms with Gasteiger partial charge in [-0.1, -0.05) is 26.2 Å². The average molecular weight is 313 g/mol. The molecule has 18 heavy (non-hydrogen) atoms. The molecule has 2 atom stereocenters. The van der Waals surface area contributed by atoms with Gasteiger partial charge >= 0.3 is 0 Å². The Bertz CT molecular complexity index is 427. The summed E-state index contributed by atoms with van der Waals surface area (Å²) in [6, 6.07) is 0. The van der Waals surface area contributed by atoms with Crippen LogP contribution in [0.4, 0.5) is 0 Å². The second-order valence-electron chi connectivity index (χ2n) is 5.16. The molecule has 0 spiro atoms. The fraction of sp³-hybridized carbons (Fsp3) is 0.714. The van der Waals surface area contributed by atoms with Crippen molar-refractivity contribution < 1.29 is 4.79 Å². The second-order valence-corrected chi connectivity index (χ2v) is 6.01. The molecule has 100 valence electrons. The summed E-state index contributed by atoms with van der Waals surface area (Å²) in [5.41, 5.74) is 0.763. The largest absolute Gasteiger partial charge is 0.292 e. The lowest BCUT2D eigenvalue weighted by atomic mass is 9.78. The molecule has 0 radical (unpaired) electrons. The van der Waals surface area contributed by atoms with Crippen molar-refractivity contribution >= 4 is 21.7 Å². The van der Waals surface area contributed by atoms with Crippen LogP contribution in [0.2, 0.25) is 0 Å². The highest BCUT2D eigenvalue weighted by molar-refractivity contribution is 9.10. The summed E-state index contributed by atoms with van der Waals surface area (Å²) in [6.45, 7) is 4.99. The second kappa shape index (κ2) is 6.00. The highest BCUT2D eigenvalue weighted by atomic mass is 79.9. The molecule has 1 aliphatic rings. The van der Waals surface area contributed by atoms with Gasteiger partial charge in [0.15, 0.2) is 5.78 Å². The van der Waals surface area contributed by atoms with Crippen molar-refractivity contribution in [1.82, 2.24) is 9.78 Å². The van der Waals surface area contributed by atoms with Gasteiger partial charge in [-0.3, -0.25) is 9.48 Å². The van der Waals surface area contributed by atoms with Gasteiger partial charge in [0.2, 0.25) is 0 Å². The predicted octanol–water partition coefficient (Wildman–Crippen LogP) is 4.06. The Morgan fingerprint density at radius 3 is 2.94 bits per heavy atom. The number of carbonyl (C=O) groups is 1. The van der Waals surface area contributed by atoms with Gasteiger partial charge in [0.1, 0.15) is 5.69 Å². The zero-order valence-corrected chi connectivity index (χ0v) is 12.7. The smallest absolute Gasteiger partial charge is 0.185 e. The van der Waals surface area contributed by atoms with Crippen LogP contribution in [0.5, 0.6) is 0 Å². The van der Waals surface area contributed by atoms with Crippen LogP contribution in [0.25, 0.3) is 0 Å². The van der Waals surface area contributed by atoms with E-state index in [1.54, 1.807) is 6.20 Å². The van der Waals surface area contributed by atoms with E-state index >= 15 is 0 Å². The molecule has 0 aromatic carbocycles. The van der Waals surface area contributed by atoms with E-state index in [9.17, 15) is 4.79 Å². The van der Waals surface area contributed by atoms with E-state index in [2.05, 4.69) is 28.0 Å². The number of aromatic nitrogens is 2. The molecule has 0 saturated heterocycles. The van der Waals surface area contributed by atoms with Crippen molar-refractivity contribution in [3.8, 4) is 0 Å². The summed E-state index contributed by atoms with van der Waals surface area (Å²) >= 11 is 3.45. The fourth-order valence-corrected chi connectivity index (χ4v) is 3.43. The third-order valence-electron chi connectivity index (χ3n) is 4.06. The molecule has 3 nitrogen and oxygen atoms in total. The molecular weight excluding hydrogens is 292 g/mol. The summed E-state index contributed by atoms with van der Waals surface area (Å²) < 4.78 is 2.65. The van der Waals surface area contributed by atoms with Crippen LogP contribution < -0.4 is 0 Å². The third-order valence-corrected chi connectivity index (χ3v) is 4.64. The van der Waals surface area contributed by atoms with Crippen molar-refractivity contribution in [1.29, 1.82) is 0 Å². The average Bonchev–Trinajstić information content (AvgIpc) is 2.79. The number of hydrogen-bond acceptors (Lipinski definition) is 2. The minimum Gasteiger partial charge on any atom is -0.292 e. The normalized spacial score (nSPS) is 24.2. The number of aryl methyl sites for hydroxylation is 1. The van der Waals surface area contributed by atoms with Gasteiger partial charge in [-0.15, -0.1) is 0 Å². The number of halogens is 1. The van der Waals surface area contributed by atoms with Gasteiger partial charge in [-0.05, 0) is 41.6 Å². The molecule has 2 unspecified atom stereocenters. The van der Waals surface area contributed by atoms with E-state index in [1.807, 2.05) is 11.6 Å².